The summed E-state index contributed by atoms with van der Waals surface area (Å²) in [6.45, 7) is 28.2. The summed E-state index contributed by atoms with van der Waals surface area (Å²) < 4.78 is 80.3. The van der Waals surface area contributed by atoms with Gasteiger partial charge < -0.3 is 77.3 Å². The number of amides is 12. The summed E-state index contributed by atoms with van der Waals surface area (Å²) in [5, 5.41) is 41.6. The molecule has 3 saturated heterocycles. The summed E-state index contributed by atoms with van der Waals surface area (Å²) in [5.74, 6) is -15.5. The second-order valence-corrected chi connectivity index (χ2v) is 36.5. The van der Waals surface area contributed by atoms with E-state index in [9.17, 15) is 57.5 Å². The molecule has 5 heterocycles. The first-order chi connectivity index (χ1) is 67.3. The van der Waals surface area contributed by atoms with Crippen LogP contribution in [0, 0.1) is 41.6 Å². The summed E-state index contributed by atoms with van der Waals surface area (Å²) in [4.78, 5) is 170. The van der Waals surface area contributed by atoms with Crippen LogP contribution in [-0.2, 0) is 67.0 Å². The number of hydrogen-bond acceptors (Lipinski definition) is 18. The Bertz CT molecular complexity index is 5710. The minimum atomic E-state index is -4.03. The van der Waals surface area contributed by atoms with E-state index in [-0.39, 0.29) is 77.3 Å². The van der Waals surface area contributed by atoms with E-state index in [0.29, 0.717) is 113 Å². The van der Waals surface area contributed by atoms with Crippen molar-refractivity contribution in [3.05, 3.63) is 231 Å². The monoisotopic (exact) mass is 1950 g/mol. The van der Waals surface area contributed by atoms with Gasteiger partial charge in [0.25, 0.3) is 17.7 Å². The van der Waals surface area contributed by atoms with Crippen LogP contribution >= 0.6 is 0 Å². The summed E-state index contributed by atoms with van der Waals surface area (Å²) >= 11 is 0. The zero-order valence-electron chi connectivity index (χ0n) is 82.7. The summed E-state index contributed by atoms with van der Waals surface area (Å²) in [6, 6.07) is 33.1. The number of nitrogens with zero attached hydrogens (tertiary/aromatic N) is 11. The first-order valence-corrected chi connectivity index (χ1v) is 48.4. The molecular formula is C104H133F5N20O12. The number of rotatable bonds is 36. The van der Waals surface area contributed by atoms with Crippen LogP contribution in [0.4, 0.5) is 39.0 Å². The zero-order valence-corrected chi connectivity index (χ0v) is 82.7. The Labute approximate surface area is 820 Å². The molecule has 12 rings (SSSR count). The zero-order chi connectivity index (χ0) is 103. The predicted molar refractivity (Wildman–Crippen MR) is 526 cm³/mol. The molecule has 9 N–H and O–H groups in total. The number of benzene rings is 6. The third-order valence-electron chi connectivity index (χ3n) is 26.9. The molecule has 2 aromatic heterocycles. The van der Waals surface area contributed by atoms with Gasteiger partial charge in [-0.1, -0.05) is 159 Å². The lowest BCUT2D eigenvalue weighted by Crippen LogP contribution is -2.55. The number of likely N-dealkylation sites (N-methyl/N-ethyl adjacent to an activating group) is 3. The molecule has 11 atom stereocenters. The number of nitrogens with one attached hydrogen (secondary N) is 9. The quantitative estimate of drug-likeness (QED) is 0.0165. The van der Waals surface area contributed by atoms with Gasteiger partial charge in [-0.25, -0.2) is 13.2 Å². The van der Waals surface area contributed by atoms with Crippen molar-refractivity contribution in [2.75, 3.05) is 116 Å². The molecule has 0 bridgehead atoms. The minimum Gasteiger partial charge on any atom is -0.344 e. The van der Waals surface area contributed by atoms with Gasteiger partial charge in [0.2, 0.25) is 53.2 Å². The number of aryl methyl sites for hydroxylation is 3. The maximum atomic E-state index is 15.7. The lowest BCUT2D eigenvalue weighted by atomic mass is 9.88. The van der Waals surface area contributed by atoms with E-state index in [1.807, 2.05) is 110 Å². The van der Waals surface area contributed by atoms with Crippen molar-refractivity contribution in [2.45, 2.75) is 212 Å². The predicted octanol–water partition coefficient (Wildman–Crippen LogP) is 11.3. The van der Waals surface area contributed by atoms with Gasteiger partial charge in [-0.05, 0) is 156 Å². The Kier molecular flexibility index (Phi) is 40.0. The molecule has 1 aliphatic carbocycles. The van der Waals surface area contributed by atoms with E-state index >= 15 is 22.0 Å². The largest absolute Gasteiger partial charge is 0.349 e. The summed E-state index contributed by atoms with van der Waals surface area (Å²) in [6.07, 6.45) is 6.66. The smallest absolute Gasteiger partial charge is 0.344 e. The molecule has 5 unspecified atom stereocenters. The van der Waals surface area contributed by atoms with Crippen molar-refractivity contribution in [1.29, 1.82) is 5.26 Å². The lowest BCUT2D eigenvalue weighted by molar-refractivity contribution is -0.149. The average molecular weight is 1950 g/mol. The molecule has 8 aromatic rings. The van der Waals surface area contributed by atoms with Crippen molar-refractivity contribution in [1.82, 2.24) is 80.9 Å². The van der Waals surface area contributed by atoms with Gasteiger partial charge in [0, 0.05) is 158 Å². The number of carbonyl (C=O) groups is 12. The Hall–Kier alpha value is -13.6. The van der Waals surface area contributed by atoms with E-state index in [0.717, 1.165) is 67.8 Å². The standard InChI is InChI=1S/2C35H46FN7O4.C34H41F3N6O4/c1-7-30(44)39-32(35(47)42-19-17-41(6)18-20-42)24(5)26-13-14-28(27(36)21-26)38-34(46)31(23(4)25-11-9-22(3)10-12-25)40-33(45)29-15-16-37-43(29)8-2;1-6-26(24-12-10-9-11-13-24)32(40-33(45)29-16-17-37-43(29)8-3)34(46)38-28-15-14-25(22-27(28)36)23(4)31(39-30(44)7-2)35(47)42-20-18-41(5)19-21-42;1-4-28(44)40-29(32(46)43-16-14-42(3)15-17-43)21(2)24-12-13-27(26(35)19-24)39-31(45)30(23-9-5-6-10-23)41-33(47)34(36,37)25-11-7-8-22(18-25)20-38/h9-16,21,23-24,31-32H,7-8,17-20H2,1-6H3,(H,38,46)(H,39,44)(H,40,45);9-17,22-23,26,31-32H,6-8,18-21H2,1-5H3,(H,38,46)(H,39,44)(H,40,45);7-8,11-13,18-19,21,23,29-30H,4-6,9-10,14-17H2,1-3H3,(H,39,45)(H,40,44)(H,41,47)/t23?,24-,31?,32+;23-,26?,31+,32?;21-,29+,30?/m000/s1. The van der Waals surface area contributed by atoms with Crippen molar-refractivity contribution in [3.8, 4) is 6.07 Å². The molecule has 756 valence electrons. The Morgan fingerprint density at radius 2 is 0.787 bits per heavy atom. The van der Waals surface area contributed by atoms with E-state index in [1.165, 1.54) is 76.4 Å². The number of alkyl halides is 2. The fraction of sp³-hybridized carbons (Fsp3) is 0.471. The van der Waals surface area contributed by atoms with E-state index in [2.05, 4.69) is 72.7 Å². The molecule has 32 nitrogen and oxygen atoms in total. The fourth-order valence-corrected chi connectivity index (χ4v) is 17.7. The van der Waals surface area contributed by atoms with E-state index in [1.54, 1.807) is 86.6 Å². The number of halogens is 5. The highest BCUT2D eigenvalue weighted by Gasteiger charge is 2.46. The normalized spacial score (nSPS) is 16.6. The van der Waals surface area contributed by atoms with Crippen LogP contribution in [0.5, 0.6) is 0 Å². The van der Waals surface area contributed by atoms with Gasteiger partial charge in [0.05, 0.1) is 28.7 Å². The highest BCUT2D eigenvalue weighted by atomic mass is 19.3. The Morgan fingerprint density at radius 1 is 0.418 bits per heavy atom. The van der Waals surface area contributed by atoms with Crippen LogP contribution in [0.3, 0.4) is 0 Å². The number of piperazine rings is 3. The third-order valence-corrected chi connectivity index (χ3v) is 26.9. The van der Waals surface area contributed by atoms with Crippen LogP contribution in [0.25, 0.3) is 0 Å². The summed E-state index contributed by atoms with van der Waals surface area (Å²) in [5.41, 5.74) is 3.67. The molecule has 141 heavy (non-hydrogen) atoms. The lowest BCUT2D eigenvalue weighted by Gasteiger charge is -2.36. The SMILES string of the molecule is CCC(=O)N[C@@H](C(=O)N1CCN(C)CC1)[C@@H](C)c1ccc(NC(=O)C(NC(=O)C(F)(F)c2cccc(C#N)c2)C2CCCC2)c(F)c1.CCC(=O)N[C@@H](C(=O)N1CCN(C)CC1)[C@@H](C)c1ccc(NC(=O)C(NC(=O)c2ccnn2CC)C(C)c2ccc(C)cc2)c(F)c1.CCC(=O)N[C@@H](C(=O)N1CCN(C)CC1)[C@@H](C)c1ccc(NC(=O)C(NC(=O)c2ccnn2CC)C(CC)c2ccccc2)c(F)c1. The van der Waals surface area contributed by atoms with Gasteiger partial charge in [0.1, 0.15) is 65.1 Å². The number of anilines is 3. The van der Waals surface area contributed by atoms with Crippen LogP contribution in [0.1, 0.15) is 216 Å². The van der Waals surface area contributed by atoms with Crippen molar-refractivity contribution >= 4 is 87.9 Å². The van der Waals surface area contributed by atoms with Gasteiger partial charge >= 0.3 is 5.92 Å². The first-order valence-electron chi connectivity index (χ1n) is 48.4. The molecule has 1 saturated carbocycles. The maximum absolute atomic E-state index is 15.7. The number of aromatic nitrogens is 4. The first kappa shape index (κ1) is 109. The van der Waals surface area contributed by atoms with Gasteiger partial charge in [-0.2, -0.15) is 24.2 Å². The minimum absolute atomic E-state index is 0.0453. The number of hydrogen-bond donors (Lipinski definition) is 9. The number of carbonyl (C=O) groups excluding carboxylic acids is 12. The Balaban J connectivity index is 0.000000218. The van der Waals surface area contributed by atoms with Crippen molar-refractivity contribution < 1.29 is 79.5 Å². The summed E-state index contributed by atoms with van der Waals surface area (Å²) in [7, 11) is 5.94. The third kappa shape index (κ3) is 28.8. The van der Waals surface area contributed by atoms with E-state index in [4.69, 9.17) is 5.26 Å². The molecule has 4 aliphatic rings. The van der Waals surface area contributed by atoms with Crippen molar-refractivity contribution in [2.24, 2.45) is 5.92 Å². The fourth-order valence-electron chi connectivity index (χ4n) is 17.7. The van der Waals surface area contributed by atoms with Crippen LogP contribution < -0.4 is 47.9 Å². The number of nitriles is 1. The van der Waals surface area contributed by atoms with Crippen LogP contribution in [0.2, 0.25) is 0 Å². The molecule has 3 aliphatic heterocycles. The van der Waals surface area contributed by atoms with Crippen LogP contribution in [0.15, 0.2) is 158 Å². The molecular weight excluding hydrogens is 1820 g/mol. The molecule has 37 heteroatoms. The molecule has 0 spiro atoms. The van der Waals surface area contributed by atoms with Gasteiger partial charge in [-0.15, -0.1) is 0 Å². The Morgan fingerprint density at radius 3 is 1.16 bits per heavy atom. The van der Waals surface area contributed by atoms with Crippen molar-refractivity contribution in [3.63, 3.8) is 0 Å². The van der Waals surface area contributed by atoms with Gasteiger partial charge in [-0.3, -0.25) is 66.9 Å². The topological polar surface area (TPSA) is 392 Å². The molecule has 0 radical (unpaired) electrons. The highest BCUT2D eigenvalue weighted by molar-refractivity contribution is 6.03. The maximum Gasteiger partial charge on any atom is 0.349 e. The average Bonchev–Trinajstić information content (AvgIpc) is 1.50. The van der Waals surface area contributed by atoms with E-state index < -0.39 is 136 Å². The highest BCUT2D eigenvalue weighted by Crippen LogP contribution is 2.36. The molecule has 4 fully saturated rings. The second kappa shape index (κ2) is 51.5. The molecule has 12 amide bonds. The van der Waals surface area contributed by atoms with Crippen LogP contribution in [-0.4, -0.2) is 256 Å². The van der Waals surface area contributed by atoms with Gasteiger partial charge in [0.15, 0.2) is 0 Å². The second-order valence-electron chi connectivity index (χ2n) is 36.5. The molecule has 6 aromatic carbocycles.